The first-order valence-corrected chi connectivity index (χ1v) is 1.89. The van der Waals surface area contributed by atoms with Gasteiger partial charge in [-0.2, -0.15) is 5.26 Å². The Labute approximate surface area is 37.0 Å². The Morgan fingerprint density at radius 1 is 2.00 bits per heavy atom. The zero-order valence-corrected chi connectivity index (χ0v) is 3.68. The summed E-state index contributed by atoms with van der Waals surface area (Å²) in [5, 5.41) is 16.1. The summed E-state index contributed by atoms with van der Waals surface area (Å²) in [5.41, 5.74) is 0. The number of hydrogen-bond acceptors (Lipinski definition) is 2. The molecule has 1 atom stereocenters. The summed E-state index contributed by atoms with van der Waals surface area (Å²) in [6.45, 7) is 1.76. The standard InChI is InChI=1S/C4H7NO/c1-2-4(6)3-5/h4,6H,2H2,1H3/t4-/m0/s1. The van der Waals surface area contributed by atoms with Crippen molar-refractivity contribution in [2.75, 3.05) is 0 Å². The average Bonchev–Trinajstić information content (AvgIpc) is 1.65. The second-order valence-corrected chi connectivity index (χ2v) is 1.05. The molecule has 0 saturated heterocycles. The highest BCUT2D eigenvalue weighted by atomic mass is 16.3. The van der Waals surface area contributed by atoms with Crippen LogP contribution in [0.15, 0.2) is 0 Å². The van der Waals surface area contributed by atoms with E-state index in [0.29, 0.717) is 6.42 Å². The summed E-state index contributed by atoms with van der Waals surface area (Å²) in [5.74, 6) is 0. The van der Waals surface area contributed by atoms with Crippen LogP contribution in [0.2, 0.25) is 0 Å². The molecule has 34 valence electrons. The van der Waals surface area contributed by atoms with E-state index < -0.39 is 6.10 Å². The lowest BCUT2D eigenvalue weighted by Gasteiger charge is -1.87. The van der Waals surface area contributed by atoms with Crippen LogP contribution in [0.4, 0.5) is 0 Å². The number of aliphatic hydroxyl groups is 1. The van der Waals surface area contributed by atoms with Crippen LogP contribution in [0.5, 0.6) is 0 Å². The molecule has 2 nitrogen and oxygen atoms in total. The lowest BCUT2D eigenvalue weighted by atomic mass is 10.3. The third-order valence-electron chi connectivity index (χ3n) is 0.536. The predicted molar refractivity (Wildman–Crippen MR) is 21.9 cm³/mol. The highest BCUT2D eigenvalue weighted by Gasteiger charge is 1.90. The van der Waals surface area contributed by atoms with Crippen LogP contribution in [0, 0.1) is 11.3 Å². The maximum absolute atomic E-state index is 8.31. The molecule has 0 aliphatic heterocycles. The van der Waals surface area contributed by atoms with E-state index in [4.69, 9.17) is 10.4 Å². The van der Waals surface area contributed by atoms with Gasteiger partial charge >= 0.3 is 0 Å². The average molecular weight is 85.1 g/mol. The van der Waals surface area contributed by atoms with Gasteiger partial charge in [-0.05, 0) is 6.42 Å². The maximum atomic E-state index is 8.31. The zero-order valence-electron chi connectivity index (χ0n) is 3.68. The lowest BCUT2D eigenvalue weighted by Crippen LogP contribution is -1.97. The van der Waals surface area contributed by atoms with Crippen molar-refractivity contribution < 1.29 is 5.11 Å². The van der Waals surface area contributed by atoms with E-state index in [0.717, 1.165) is 0 Å². The van der Waals surface area contributed by atoms with Crippen LogP contribution in [0.25, 0.3) is 0 Å². The first kappa shape index (κ1) is 5.45. The molecule has 0 aliphatic rings. The molecule has 0 amide bonds. The summed E-state index contributed by atoms with van der Waals surface area (Å²) in [7, 11) is 0. The molecule has 0 bridgehead atoms. The Bertz CT molecular complexity index is 64.4. The van der Waals surface area contributed by atoms with Gasteiger partial charge in [-0.3, -0.25) is 0 Å². The van der Waals surface area contributed by atoms with E-state index in [2.05, 4.69) is 0 Å². The second-order valence-electron chi connectivity index (χ2n) is 1.05. The van der Waals surface area contributed by atoms with Crippen molar-refractivity contribution in [1.29, 1.82) is 5.26 Å². The van der Waals surface area contributed by atoms with Gasteiger partial charge in [0.05, 0.1) is 6.07 Å². The van der Waals surface area contributed by atoms with Crippen LogP contribution in [0.1, 0.15) is 13.3 Å². The van der Waals surface area contributed by atoms with Crippen LogP contribution < -0.4 is 0 Å². The number of nitriles is 1. The molecule has 0 heterocycles. The predicted octanol–water partition coefficient (Wildman–Crippen LogP) is 0.281. The molecule has 2 heteroatoms. The number of rotatable bonds is 1. The summed E-state index contributed by atoms with van der Waals surface area (Å²) < 4.78 is 0. The minimum Gasteiger partial charge on any atom is -0.378 e. The molecule has 0 radical (unpaired) electrons. The lowest BCUT2D eigenvalue weighted by molar-refractivity contribution is 0.226. The molecule has 0 rings (SSSR count). The highest BCUT2D eigenvalue weighted by molar-refractivity contribution is 4.79. The molecule has 0 aromatic rings. The molecule has 0 spiro atoms. The van der Waals surface area contributed by atoms with Gasteiger partial charge in [-0.1, -0.05) is 6.92 Å². The minimum atomic E-state index is -0.759. The largest absolute Gasteiger partial charge is 0.378 e. The fourth-order valence-electron chi connectivity index (χ4n) is 0.0913. The van der Waals surface area contributed by atoms with E-state index in [-0.39, 0.29) is 0 Å². The first-order valence-electron chi connectivity index (χ1n) is 1.89. The monoisotopic (exact) mass is 85.1 g/mol. The van der Waals surface area contributed by atoms with E-state index in [1.165, 1.54) is 0 Å². The molecule has 0 fully saturated rings. The molecule has 0 unspecified atom stereocenters. The van der Waals surface area contributed by atoms with Crippen LogP contribution >= 0.6 is 0 Å². The first-order chi connectivity index (χ1) is 2.81. The van der Waals surface area contributed by atoms with E-state index in [9.17, 15) is 0 Å². The quantitative estimate of drug-likeness (QED) is 0.465. The summed E-state index contributed by atoms with van der Waals surface area (Å²) in [6, 6.07) is 1.67. The highest BCUT2D eigenvalue weighted by Crippen LogP contribution is 1.82. The van der Waals surface area contributed by atoms with Crippen molar-refractivity contribution in [1.82, 2.24) is 0 Å². The fourth-order valence-corrected chi connectivity index (χ4v) is 0.0913. The Morgan fingerprint density at radius 3 is 2.50 bits per heavy atom. The molecule has 6 heavy (non-hydrogen) atoms. The van der Waals surface area contributed by atoms with Gasteiger partial charge < -0.3 is 5.11 Å². The Balaban J connectivity index is 3.04. The van der Waals surface area contributed by atoms with Crippen LogP contribution in [-0.2, 0) is 0 Å². The van der Waals surface area contributed by atoms with Gasteiger partial charge in [0.25, 0.3) is 0 Å². The number of aliphatic hydroxyl groups excluding tert-OH is 1. The van der Waals surface area contributed by atoms with Gasteiger partial charge in [0.2, 0.25) is 0 Å². The van der Waals surface area contributed by atoms with E-state index >= 15 is 0 Å². The van der Waals surface area contributed by atoms with Crippen molar-refractivity contribution in [3.05, 3.63) is 0 Å². The van der Waals surface area contributed by atoms with Crippen molar-refractivity contribution in [3.8, 4) is 6.07 Å². The van der Waals surface area contributed by atoms with E-state index in [1.807, 2.05) is 0 Å². The minimum absolute atomic E-state index is 0.524. The summed E-state index contributed by atoms with van der Waals surface area (Å²) in [4.78, 5) is 0. The van der Waals surface area contributed by atoms with Gasteiger partial charge in [0, 0.05) is 0 Å². The maximum Gasteiger partial charge on any atom is 0.140 e. The Hall–Kier alpha value is -0.550. The summed E-state index contributed by atoms with van der Waals surface area (Å²) in [6.07, 6.45) is -0.235. The van der Waals surface area contributed by atoms with Crippen molar-refractivity contribution >= 4 is 0 Å². The molecular weight excluding hydrogens is 78.1 g/mol. The SMILES string of the molecule is CC[C@H](O)C#N. The Morgan fingerprint density at radius 2 is 2.50 bits per heavy atom. The number of nitrogens with zero attached hydrogens (tertiary/aromatic N) is 1. The fraction of sp³-hybridized carbons (Fsp3) is 0.750. The van der Waals surface area contributed by atoms with Crippen molar-refractivity contribution in [2.24, 2.45) is 0 Å². The molecule has 1 N–H and O–H groups in total. The third-order valence-corrected chi connectivity index (χ3v) is 0.536. The Kier molecular flexibility index (Phi) is 2.43. The van der Waals surface area contributed by atoms with Crippen LogP contribution in [-0.4, -0.2) is 11.2 Å². The number of hydrogen-bond donors (Lipinski definition) is 1. The second kappa shape index (κ2) is 2.67. The molecule has 0 aromatic heterocycles. The topological polar surface area (TPSA) is 44.0 Å². The molecule has 0 aromatic carbocycles. The van der Waals surface area contributed by atoms with Crippen LogP contribution in [0.3, 0.4) is 0 Å². The van der Waals surface area contributed by atoms with E-state index in [1.54, 1.807) is 13.0 Å². The normalized spacial score (nSPS) is 12.8. The van der Waals surface area contributed by atoms with Gasteiger partial charge in [-0.25, -0.2) is 0 Å². The zero-order chi connectivity index (χ0) is 4.99. The van der Waals surface area contributed by atoms with Crippen molar-refractivity contribution in [2.45, 2.75) is 19.4 Å². The van der Waals surface area contributed by atoms with Gasteiger partial charge in [-0.15, -0.1) is 0 Å². The van der Waals surface area contributed by atoms with Gasteiger partial charge in [0.1, 0.15) is 6.10 Å². The third kappa shape index (κ3) is 1.74. The molecular formula is C4H7NO. The smallest absolute Gasteiger partial charge is 0.140 e. The summed E-state index contributed by atoms with van der Waals surface area (Å²) >= 11 is 0. The molecule has 0 saturated carbocycles. The van der Waals surface area contributed by atoms with Gasteiger partial charge in [0.15, 0.2) is 0 Å². The van der Waals surface area contributed by atoms with Crippen molar-refractivity contribution in [3.63, 3.8) is 0 Å². The molecule has 0 aliphatic carbocycles.